The number of benzene rings is 16. The van der Waals surface area contributed by atoms with Gasteiger partial charge in [-0.3, -0.25) is 0 Å². The van der Waals surface area contributed by atoms with E-state index in [4.69, 9.17) is 26.5 Å². The lowest BCUT2D eigenvalue weighted by Crippen LogP contribution is -1.77. The highest BCUT2D eigenvalue weighted by Gasteiger charge is 2.17. The average Bonchev–Trinajstić information content (AvgIpc) is 1.62. The van der Waals surface area contributed by atoms with Gasteiger partial charge in [-0.15, -0.1) is 22.7 Å². The van der Waals surface area contributed by atoms with Crippen LogP contribution in [0.1, 0.15) is 89.0 Å². The molecule has 0 aliphatic carbocycles. The summed E-state index contributed by atoms with van der Waals surface area (Å²) in [5.41, 5.74) is 32.3. The van der Waals surface area contributed by atoms with Gasteiger partial charge >= 0.3 is 0 Å². The summed E-state index contributed by atoms with van der Waals surface area (Å²) >= 11 is 3.80. The van der Waals surface area contributed by atoms with Crippen molar-refractivity contribution in [2.75, 3.05) is 0 Å². The van der Waals surface area contributed by atoms with E-state index in [0.717, 1.165) is 67.0 Å². The number of para-hydroxylation sites is 5. The summed E-state index contributed by atoms with van der Waals surface area (Å²) in [5, 5.41) is 20.3. The summed E-state index contributed by atoms with van der Waals surface area (Å²) in [6.45, 7) is 33.9. The third-order valence-corrected chi connectivity index (χ3v) is 25.7. The lowest BCUT2D eigenvalue weighted by atomic mass is 10.0. The van der Waals surface area contributed by atoms with Gasteiger partial charge in [0, 0.05) is 105 Å². The van der Waals surface area contributed by atoms with Gasteiger partial charge in [-0.05, 0) is 256 Å². The molecule has 0 atom stereocenters. The zero-order valence-electron chi connectivity index (χ0n) is 71.0. The Kier molecular flexibility index (Phi) is 22.0. The Hall–Kier alpha value is -13.2. The third-order valence-electron chi connectivity index (χ3n) is 23.0. The molecule has 0 spiro atoms. The van der Waals surface area contributed by atoms with Crippen LogP contribution in [0.15, 0.2) is 318 Å². The standard InChI is InChI=1S/6C14H12O.2C14H12S/c1-9-5-4-8-12-13(9)11-7-3-6-10(2)14(11)15-12;1-9-3-5-13-11(7-9)12-8-10(2)4-6-14(12)15-13;1-9-5-3-7-11-13(9)14-10(2)6-4-8-12(14)15-11;1-9-5-3-7-11-12-8-4-6-10(2)14(12)15-13(9)11;1-9-6-7-13-12(8-9)11-5-3-4-10(2)14(11)15-13;1-9-7-8-10(2)14-13(9)11-5-3-4-6-12(11)15-14;1-9-3-5-11-12-6-4-10(2)8-14(12)15-13(11)7-9;1-9-5-3-7-11-12-8-4-6-10(2)14(12)15-13(9)11/h8*3-8H,1-2H3. The van der Waals surface area contributed by atoms with Gasteiger partial charge in [0.1, 0.15) is 67.0 Å². The lowest BCUT2D eigenvalue weighted by Gasteiger charge is -1.97. The van der Waals surface area contributed by atoms with Crippen molar-refractivity contribution in [3.63, 3.8) is 0 Å². The van der Waals surface area contributed by atoms with Crippen LogP contribution in [0.5, 0.6) is 0 Å². The molecular weight excluding hydrogens is 1510 g/mol. The molecule has 0 aliphatic heterocycles. The van der Waals surface area contributed by atoms with Crippen LogP contribution in [0.25, 0.3) is 172 Å². The molecule has 16 aromatic carbocycles. The molecule has 0 N–H and O–H groups in total. The monoisotopic (exact) mass is 1600 g/mol. The second-order valence-corrected chi connectivity index (χ2v) is 34.4. The number of hydrogen-bond acceptors (Lipinski definition) is 8. The first kappa shape index (κ1) is 79.2. The summed E-state index contributed by atoms with van der Waals surface area (Å²) < 4.78 is 40.7. The van der Waals surface area contributed by atoms with E-state index in [1.807, 2.05) is 89.4 Å². The van der Waals surface area contributed by atoms with E-state index in [1.54, 1.807) is 0 Å². The molecule has 8 heteroatoms. The number of furan rings is 6. The fraction of sp³-hybridized carbons (Fsp3) is 0.143. The van der Waals surface area contributed by atoms with Gasteiger partial charge in [0.05, 0.1) is 0 Å². The van der Waals surface area contributed by atoms with Crippen LogP contribution in [0, 0.1) is 111 Å². The van der Waals surface area contributed by atoms with Crippen molar-refractivity contribution < 1.29 is 26.5 Å². The van der Waals surface area contributed by atoms with E-state index in [2.05, 4.69) is 335 Å². The van der Waals surface area contributed by atoms with Crippen molar-refractivity contribution >= 4 is 195 Å². The molecule has 8 heterocycles. The van der Waals surface area contributed by atoms with Crippen LogP contribution >= 0.6 is 22.7 Å². The van der Waals surface area contributed by atoms with Crippen molar-refractivity contribution in [2.45, 2.75) is 111 Å². The molecule has 0 unspecified atom stereocenters. The lowest BCUT2D eigenvalue weighted by molar-refractivity contribution is 0.662. The van der Waals surface area contributed by atoms with E-state index >= 15 is 0 Å². The Morgan fingerprint density at radius 3 is 0.942 bits per heavy atom. The van der Waals surface area contributed by atoms with Crippen molar-refractivity contribution in [2.24, 2.45) is 0 Å². The molecule has 0 bridgehead atoms. The smallest absolute Gasteiger partial charge is 0.138 e. The van der Waals surface area contributed by atoms with Crippen molar-refractivity contribution in [3.05, 3.63) is 380 Å². The van der Waals surface area contributed by atoms with Gasteiger partial charge < -0.3 is 26.5 Å². The van der Waals surface area contributed by atoms with Crippen LogP contribution in [-0.2, 0) is 0 Å². The van der Waals surface area contributed by atoms with Gasteiger partial charge in [-0.25, -0.2) is 0 Å². The molecule has 8 aromatic heterocycles. The highest BCUT2D eigenvalue weighted by molar-refractivity contribution is 7.26. The van der Waals surface area contributed by atoms with Gasteiger partial charge in [0.25, 0.3) is 0 Å². The molecule has 0 radical (unpaired) electrons. The number of thiophene rings is 2. The second kappa shape index (κ2) is 33.3. The minimum Gasteiger partial charge on any atom is -0.456 e. The summed E-state index contributed by atoms with van der Waals surface area (Å²) in [5.74, 6) is 0. The molecule has 0 saturated heterocycles. The van der Waals surface area contributed by atoms with Crippen LogP contribution in [0.3, 0.4) is 0 Å². The maximum absolute atomic E-state index is 5.91. The average molecular weight is 1600 g/mol. The predicted molar refractivity (Wildman–Crippen MR) is 517 cm³/mol. The topological polar surface area (TPSA) is 78.8 Å². The Labute approximate surface area is 707 Å². The summed E-state index contributed by atoms with van der Waals surface area (Å²) in [6, 6.07) is 102. The predicted octanol–water partition coefficient (Wildman–Crippen LogP) is 34.6. The number of aryl methyl sites for hydroxylation is 16. The number of hydrogen-bond donors (Lipinski definition) is 0. The Morgan fingerprint density at radius 2 is 0.450 bits per heavy atom. The second-order valence-electron chi connectivity index (χ2n) is 32.3. The Bertz CT molecular complexity index is 7530. The first-order valence-corrected chi connectivity index (χ1v) is 42.8. The molecule has 24 aromatic rings. The molecule has 0 aliphatic rings. The summed E-state index contributed by atoms with van der Waals surface area (Å²) in [4.78, 5) is 0. The molecule has 0 saturated carbocycles. The molecular formula is C112H96O6S2. The minimum atomic E-state index is 0.973. The van der Waals surface area contributed by atoms with Crippen molar-refractivity contribution in [3.8, 4) is 0 Å². The van der Waals surface area contributed by atoms with Crippen LogP contribution < -0.4 is 0 Å². The van der Waals surface area contributed by atoms with Crippen LogP contribution in [0.2, 0.25) is 0 Å². The van der Waals surface area contributed by atoms with Gasteiger partial charge in [-0.2, -0.15) is 0 Å². The molecule has 592 valence electrons. The first-order chi connectivity index (χ1) is 58.1. The SMILES string of the molecule is Cc1ccc(C)c2c1oc1ccccc12.Cc1ccc2c(c1)sc1cc(C)ccc12.Cc1ccc2oc3c(C)cccc3c2c1.Cc1ccc2oc3ccc(C)cc3c2c1.Cc1cccc2c1oc1c(C)cccc12.Cc1cccc2c1oc1cccc(C)c12.Cc1cccc2c1sc1c(C)cccc12.Cc1cccc2oc3cccc(C)c3c12. The number of fused-ring (bicyclic) bond motifs is 24. The highest BCUT2D eigenvalue weighted by Crippen LogP contribution is 2.42. The fourth-order valence-electron chi connectivity index (χ4n) is 16.8. The van der Waals surface area contributed by atoms with Crippen LogP contribution in [-0.4, -0.2) is 0 Å². The van der Waals surface area contributed by atoms with Crippen molar-refractivity contribution in [1.29, 1.82) is 0 Å². The Morgan fingerprint density at radius 1 is 0.158 bits per heavy atom. The largest absolute Gasteiger partial charge is 0.456 e. The maximum atomic E-state index is 5.91. The number of rotatable bonds is 0. The normalized spacial score (nSPS) is 11.3. The fourth-order valence-corrected chi connectivity index (χ4v) is 19.3. The molecule has 0 fully saturated rings. The van der Waals surface area contributed by atoms with E-state index in [0.29, 0.717) is 0 Å². The third kappa shape index (κ3) is 15.5. The van der Waals surface area contributed by atoms with E-state index < -0.39 is 0 Å². The van der Waals surface area contributed by atoms with Gasteiger partial charge in [0.15, 0.2) is 0 Å². The first-order valence-electron chi connectivity index (χ1n) is 41.1. The zero-order valence-corrected chi connectivity index (χ0v) is 72.6. The van der Waals surface area contributed by atoms with E-state index in [9.17, 15) is 0 Å². The van der Waals surface area contributed by atoms with Gasteiger partial charge in [-0.1, -0.05) is 235 Å². The summed E-state index contributed by atoms with van der Waals surface area (Å²) in [7, 11) is 0. The van der Waals surface area contributed by atoms with Crippen LogP contribution in [0.4, 0.5) is 0 Å². The van der Waals surface area contributed by atoms with Crippen molar-refractivity contribution in [1.82, 2.24) is 0 Å². The molecule has 120 heavy (non-hydrogen) atoms. The van der Waals surface area contributed by atoms with Gasteiger partial charge in [0.2, 0.25) is 0 Å². The Balaban J connectivity index is 0.0000000979. The molecule has 0 amide bonds. The highest BCUT2D eigenvalue weighted by atomic mass is 32.1. The quantitative estimate of drug-likeness (QED) is 0.151. The van der Waals surface area contributed by atoms with E-state index in [1.165, 1.54) is 194 Å². The zero-order chi connectivity index (χ0) is 83.3. The van der Waals surface area contributed by atoms with E-state index in [-0.39, 0.29) is 0 Å². The maximum Gasteiger partial charge on any atom is 0.138 e. The summed E-state index contributed by atoms with van der Waals surface area (Å²) in [6.07, 6.45) is 0. The molecule has 6 nitrogen and oxygen atoms in total. The minimum absolute atomic E-state index is 0.973. The molecule has 24 rings (SSSR count).